The predicted molar refractivity (Wildman–Crippen MR) is 78.0 cm³/mol. The van der Waals surface area contributed by atoms with Crippen LogP contribution in [0.2, 0.25) is 0 Å². The predicted octanol–water partition coefficient (Wildman–Crippen LogP) is 2.27. The number of carbonyl (C=O) groups is 1. The fourth-order valence-electron chi connectivity index (χ4n) is 2.49. The highest BCUT2D eigenvalue weighted by atomic mass is 16.1. The topological polar surface area (TPSA) is 55.1 Å². The second-order valence-electron chi connectivity index (χ2n) is 5.06. The van der Waals surface area contributed by atoms with Gasteiger partial charge in [-0.05, 0) is 49.8 Å². The Kier molecular flexibility index (Phi) is 5.16. The van der Waals surface area contributed by atoms with Crippen molar-refractivity contribution < 1.29 is 4.79 Å². The number of hydrogen-bond donors (Lipinski definition) is 2. The van der Waals surface area contributed by atoms with Crippen LogP contribution in [0.15, 0.2) is 36.4 Å². The zero-order valence-electron chi connectivity index (χ0n) is 11.3. The summed E-state index contributed by atoms with van der Waals surface area (Å²) >= 11 is 0. The van der Waals surface area contributed by atoms with E-state index in [9.17, 15) is 4.79 Å². The minimum atomic E-state index is 0.0265. The lowest BCUT2D eigenvalue weighted by Gasteiger charge is -2.18. The van der Waals surface area contributed by atoms with Gasteiger partial charge in [-0.2, -0.15) is 0 Å². The van der Waals surface area contributed by atoms with Crippen LogP contribution in [0.1, 0.15) is 35.2 Å². The van der Waals surface area contributed by atoms with E-state index < -0.39 is 0 Å². The maximum absolute atomic E-state index is 12.2. The number of allylic oxidation sites excluding steroid dienone is 2. The van der Waals surface area contributed by atoms with Gasteiger partial charge in [0.25, 0.3) is 5.91 Å². The molecule has 1 aliphatic rings. The Labute approximate surface area is 114 Å². The molecule has 0 aromatic heterocycles. The fourth-order valence-corrected chi connectivity index (χ4v) is 2.49. The summed E-state index contributed by atoms with van der Waals surface area (Å²) in [6.45, 7) is 1.33. The lowest BCUT2D eigenvalue weighted by molar-refractivity contribution is 0.0945. The lowest BCUT2D eigenvalue weighted by Crippen LogP contribution is -2.30. The Morgan fingerprint density at radius 2 is 2.16 bits per heavy atom. The summed E-state index contributed by atoms with van der Waals surface area (Å²) in [6, 6.07) is 7.71. The zero-order chi connectivity index (χ0) is 13.5. The third-order valence-electron chi connectivity index (χ3n) is 3.60. The van der Waals surface area contributed by atoms with Crippen molar-refractivity contribution in [1.82, 2.24) is 5.32 Å². The molecule has 1 unspecified atom stereocenters. The van der Waals surface area contributed by atoms with E-state index in [4.69, 9.17) is 5.73 Å². The summed E-state index contributed by atoms with van der Waals surface area (Å²) in [6.07, 6.45) is 8.55. The van der Waals surface area contributed by atoms with Gasteiger partial charge in [-0.1, -0.05) is 30.4 Å². The Morgan fingerprint density at radius 3 is 2.89 bits per heavy atom. The van der Waals surface area contributed by atoms with Crippen molar-refractivity contribution >= 4 is 5.91 Å². The van der Waals surface area contributed by atoms with Crippen molar-refractivity contribution in [1.29, 1.82) is 0 Å². The zero-order valence-corrected chi connectivity index (χ0v) is 11.3. The first kappa shape index (κ1) is 13.8. The molecule has 1 aromatic carbocycles. The molecule has 0 aliphatic heterocycles. The van der Waals surface area contributed by atoms with Crippen LogP contribution >= 0.6 is 0 Å². The summed E-state index contributed by atoms with van der Waals surface area (Å²) in [4.78, 5) is 12.2. The van der Waals surface area contributed by atoms with Crippen molar-refractivity contribution in [2.24, 2.45) is 11.7 Å². The number of hydrogen-bond acceptors (Lipinski definition) is 2. The number of carbonyl (C=O) groups excluding carboxylic acids is 1. The van der Waals surface area contributed by atoms with Crippen molar-refractivity contribution in [2.45, 2.75) is 25.7 Å². The summed E-state index contributed by atoms with van der Waals surface area (Å²) in [7, 11) is 0. The smallest absolute Gasteiger partial charge is 0.251 e. The van der Waals surface area contributed by atoms with Gasteiger partial charge in [-0.15, -0.1) is 0 Å². The van der Waals surface area contributed by atoms with Crippen molar-refractivity contribution in [3.63, 3.8) is 0 Å². The molecule has 0 spiro atoms. The molecule has 0 saturated carbocycles. The van der Waals surface area contributed by atoms with E-state index in [1.807, 2.05) is 24.3 Å². The van der Waals surface area contributed by atoms with E-state index in [0.29, 0.717) is 12.5 Å². The second kappa shape index (κ2) is 7.10. The van der Waals surface area contributed by atoms with Gasteiger partial charge in [0, 0.05) is 12.1 Å². The van der Waals surface area contributed by atoms with Crippen LogP contribution < -0.4 is 11.1 Å². The highest BCUT2D eigenvalue weighted by Gasteiger charge is 2.14. The Morgan fingerprint density at radius 1 is 1.32 bits per heavy atom. The van der Waals surface area contributed by atoms with Crippen LogP contribution in [0.3, 0.4) is 0 Å². The summed E-state index contributed by atoms with van der Waals surface area (Å²) in [5.41, 5.74) is 7.38. The van der Waals surface area contributed by atoms with Crippen LogP contribution in [0.25, 0.3) is 0 Å². The average Bonchev–Trinajstić information content (AvgIpc) is 2.47. The lowest BCUT2D eigenvalue weighted by atomic mass is 9.94. The Balaban J connectivity index is 1.93. The third kappa shape index (κ3) is 3.93. The first-order chi connectivity index (χ1) is 9.31. The highest BCUT2D eigenvalue weighted by molar-refractivity contribution is 5.95. The monoisotopic (exact) mass is 258 g/mol. The second-order valence-corrected chi connectivity index (χ2v) is 5.06. The summed E-state index contributed by atoms with van der Waals surface area (Å²) in [5, 5.41) is 3.05. The van der Waals surface area contributed by atoms with Gasteiger partial charge >= 0.3 is 0 Å². The molecule has 2 rings (SSSR count). The van der Waals surface area contributed by atoms with Gasteiger partial charge in [0.2, 0.25) is 0 Å². The van der Waals surface area contributed by atoms with E-state index in [0.717, 1.165) is 36.9 Å². The molecule has 3 heteroatoms. The molecule has 0 radical (unpaired) electrons. The van der Waals surface area contributed by atoms with Gasteiger partial charge in [0.1, 0.15) is 0 Å². The van der Waals surface area contributed by atoms with Crippen molar-refractivity contribution in [2.75, 3.05) is 13.1 Å². The number of amides is 1. The first-order valence-corrected chi connectivity index (χ1v) is 7.02. The van der Waals surface area contributed by atoms with E-state index in [2.05, 4.69) is 17.5 Å². The molecule has 0 bridgehead atoms. The van der Waals surface area contributed by atoms with Gasteiger partial charge in [0.15, 0.2) is 0 Å². The van der Waals surface area contributed by atoms with Gasteiger partial charge in [0.05, 0.1) is 0 Å². The summed E-state index contributed by atoms with van der Waals surface area (Å²) in [5.74, 6) is 0.606. The van der Waals surface area contributed by atoms with E-state index in [1.165, 1.54) is 6.42 Å². The van der Waals surface area contributed by atoms with Crippen LogP contribution in [0.5, 0.6) is 0 Å². The molecule has 1 atom stereocenters. The van der Waals surface area contributed by atoms with Crippen LogP contribution in [-0.4, -0.2) is 19.0 Å². The first-order valence-electron chi connectivity index (χ1n) is 7.02. The molecule has 0 heterocycles. The molecule has 3 N–H and O–H groups in total. The van der Waals surface area contributed by atoms with Crippen molar-refractivity contribution in [3.05, 3.63) is 47.5 Å². The normalized spacial score (nSPS) is 18.3. The molecular formula is C16H22N2O. The van der Waals surface area contributed by atoms with Gasteiger partial charge in [-0.3, -0.25) is 4.79 Å². The standard InChI is InChI=1S/C16H22N2O/c17-11-10-14-8-4-5-9-15(14)16(19)18-12-13-6-2-1-3-7-13/h1-2,4-5,8-9,13H,3,6-7,10-12,17H2,(H,18,19). The van der Waals surface area contributed by atoms with Crippen LogP contribution in [-0.2, 0) is 6.42 Å². The quantitative estimate of drug-likeness (QED) is 0.796. The van der Waals surface area contributed by atoms with Crippen molar-refractivity contribution in [3.8, 4) is 0 Å². The SMILES string of the molecule is NCCc1ccccc1C(=O)NCC1CC=CCC1. The fraction of sp³-hybridized carbons (Fsp3) is 0.438. The van der Waals surface area contributed by atoms with Gasteiger partial charge < -0.3 is 11.1 Å². The molecule has 0 fully saturated rings. The van der Waals surface area contributed by atoms with E-state index in [1.54, 1.807) is 0 Å². The molecule has 3 nitrogen and oxygen atoms in total. The molecular weight excluding hydrogens is 236 g/mol. The molecule has 1 aromatic rings. The van der Waals surface area contributed by atoms with E-state index >= 15 is 0 Å². The molecule has 0 saturated heterocycles. The molecule has 1 amide bonds. The number of nitrogens with one attached hydrogen (secondary N) is 1. The number of benzene rings is 1. The molecule has 1 aliphatic carbocycles. The minimum Gasteiger partial charge on any atom is -0.352 e. The average molecular weight is 258 g/mol. The molecule has 19 heavy (non-hydrogen) atoms. The molecule has 102 valence electrons. The number of nitrogens with two attached hydrogens (primary N) is 1. The Bertz CT molecular complexity index is 454. The maximum atomic E-state index is 12.2. The number of rotatable bonds is 5. The highest BCUT2D eigenvalue weighted by Crippen LogP contribution is 2.17. The third-order valence-corrected chi connectivity index (χ3v) is 3.60. The Hall–Kier alpha value is -1.61. The maximum Gasteiger partial charge on any atom is 0.251 e. The van der Waals surface area contributed by atoms with Gasteiger partial charge in [-0.25, -0.2) is 0 Å². The van der Waals surface area contributed by atoms with Crippen LogP contribution in [0, 0.1) is 5.92 Å². The van der Waals surface area contributed by atoms with Crippen LogP contribution in [0.4, 0.5) is 0 Å². The van der Waals surface area contributed by atoms with E-state index in [-0.39, 0.29) is 5.91 Å². The minimum absolute atomic E-state index is 0.0265. The summed E-state index contributed by atoms with van der Waals surface area (Å²) < 4.78 is 0. The largest absolute Gasteiger partial charge is 0.352 e.